The lowest BCUT2D eigenvalue weighted by Gasteiger charge is -2.35. The van der Waals surface area contributed by atoms with Gasteiger partial charge in [-0.25, -0.2) is 12.8 Å². The monoisotopic (exact) mass is 393 g/mol. The molecule has 0 N–H and O–H groups in total. The van der Waals surface area contributed by atoms with Gasteiger partial charge in [-0.3, -0.25) is 0 Å². The molecule has 2 aromatic carbocycles. The summed E-state index contributed by atoms with van der Waals surface area (Å²) in [5, 5.41) is 4.47. The Labute approximate surface area is 154 Å². The Morgan fingerprint density at radius 1 is 1.15 bits per heavy atom. The topological polar surface area (TPSA) is 76.3 Å². The van der Waals surface area contributed by atoms with Gasteiger partial charge in [-0.05, 0) is 24.3 Å². The summed E-state index contributed by atoms with van der Waals surface area (Å²) in [5.41, 5.74) is 0.711. The van der Waals surface area contributed by atoms with Crippen molar-refractivity contribution in [2.24, 2.45) is 0 Å². The lowest BCUT2D eigenvalue weighted by molar-refractivity contribution is 0.216. The fraction of sp³-hybridized carbons (Fsp3) is 0.176. The molecular weight excluding hydrogens is 381 g/mol. The summed E-state index contributed by atoms with van der Waals surface area (Å²) in [4.78, 5) is 3.99. The zero-order valence-corrected chi connectivity index (χ0v) is 14.9. The summed E-state index contributed by atoms with van der Waals surface area (Å²) >= 11 is 5.95. The molecule has 26 heavy (non-hydrogen) atoms. The molecule has 2 heterocycles. The van der Waals surface area contributed by atoms with Crippen molar-refractivity contribution in [2.45, 2.75) is 10.8 Å². The molecule has 1 aliphatic rings. The second-order valence-corrected chi connectivity index (χ2v) is 8.26. The molecule has 0 spiro atoms. The van der Waals surface area contributed by atoms with Crippen molar-refractivity contribution in [3.05, 3.63) is 65.3 Å². The van der Waals surface area contributed by atoms with E-state index >= 15 is 0 Å². The quantitative estimate of drug-likeness (QED) is 0.679. The third-order valence-electron chi connectivity index (χ3n) is 4.18. The highest BCUT2D eigenvalue weighted by Gasteiger charge is 2.41. The van der Waals surface area contributed by atoms with Crippen LogP contribution >= 0.6 is 11.6 Å². The molecule has 0 saturated carbocycles. The highest BCUT2D eigenvalue weighted by atomic mass is 35.5. The van der Waals surface area contributed by atoms with Crippen LogP contribution in [-0.4, -0.2) is 36.0 Å². The first kappa shape index (κ1) is 17.1. The minimum Gasteiger partial charge on any atom is -0.339 e. The van der Waals surface area contributed by atoms with Gasteiger partial charge in [0.15, 0.2) is 0 Å². The Bertz CT molecular complexity index is 1060. The van der Waals surface area contributed by atoms with Crippen molar-refractivity contribution < 1.29 is 17.3 Å². The molecule has 0 unspecified atom stereocenters. The number of sulfonamides is 1. The van der Waals surface area contributed by atoms with Crippen molar-refractivity contribution in [2.75, 3.05) is 13.1 Å². The first-order chi connectivity index (χ1) is 12.4. The van der Waals surface area contributed by atoms with Crippen LogP contribution in [0.4, 0.5) is 4.39 Å². The number of halogens is 2. The van der Waals surface area contributed by atoms with Gasteiger partial charge in [0.25, 0.3) is 0 Å². The van der Waals surface area contributed by atoms with Gasteiger partial charge in [0, 0.05) is 23.7 Å². The number of benzene rings is 2. The van der Waals surface area contributed by atoms with Crippen molar-refractivity contribution in [3.8, 4) is 11.4 Å². The van der Waals surface area contributed by atoms with E-state index in [1.54, 1.807) is 24.3 Å². The molecule has 0 atom stereocenters. The standard InChI is InChI=1S/C17H13ClFN3O3S/c18-13-5-3-4-11(8-13)16-20-17(25-21-16)12-9-22(10-12)26(23,24)15-7-2-1-6-14(15)19/h1-8,12H,9-10H2. The van der Waals surface area contributed by atoms with E-state index in [0.29, 0.717) is 22.3 Å². The number of nitrogens with zero attached hydrogens (tertiary/aromatic N) is 3. The second kappa shape index (κ2) is 6.46. The van der Waals surface area contributed by atoms with E-state index in [4.69, 9.17) is 16.1 Å². The molecule has 6 nitrogen and oxygen atoms in total. The summed E-state index contributed by atoms with van der Waals surface area (Å²) in [6, 6.07) is 12.3. The summed E-state index contributed by atoms with van der Waals surface area (Å²) in [5.74, 6) is -0.258. The van der Waals surface area contributed by atoms with Crippen molar-refractivity contribution in [1.82, 2.24) is 14.4 Å². The molecule has 0 bridgehead atoms. The fourth-order valence-corrected chi connectivity index (χ4v) is 4.52. The lowest BCUT2D eigenvalue weighted by atomic mass is 10.0. The molecule has 1 saturated heterocycles. The first-order valence-electron chi connectivity index (χ1n) is 7.79. The minimum atomic E-state index is -3.87. The molecule has 1 aromatic heterocycles. The predicted molar refractivity (Wildman–Crippen MR) is 92.6 cm³/mol. The largest absolute Gasteiger partial charge is 0.339 e. The van der Waals surface area contributed by atoms with Crippen LogP contribution in [0.15, 0.2) is 57.9 Å². The van der Waals surface area contributed by atoms with Crippen LogP contribution in [0.3, 0.4) is 0 Å². The molecule has 1 fully saturated rings. The fourth-order valence-electron chi connectivity index (χ4n) is 2.73. The lowest BCUT2D eigenvalue weighted by Crippen LogP contribution is -2.48. The van der Waals surface area contributed by atoms with Crippen LogP contribution < -0.4 is 0 Å². The van der Waals surface area contributed by atoms with Gasteiger partial charge in [-0.1, -0.05) is 41.0 Å². The summed E-state index contributed by atoms with van der Waals surface area (Å²) < 4.78 is 45.2. The second-order valence-electron chi connectivity index (χ2n) is 5.92. The van der Waals surface area contributed by atoms with E-state index in [1.165, 1.54) is 22.5 Å². The summed E-state index contributed by atoms with van der Waals surface area (Å²) in [6.07, 6.45) is 0. The summed E-state index contributed by atoms with van der Waals surface area (Å²) in [7, 11) is -3.87. The Balaban J connectivity index is 1.50. The van der Waals surface area contributed by atoms with Gasteiger partial charge in [0.1, 0.15) is 10.7 Å². The van der Waals surface area contributed by atoms with Crippen LogP contribution in [-0.2, 0) is 10.0 Å². The molecule has 0 radical (unpaired) electrons. The predicted octanol–water partition coefficient (Wildman–Crippen LogP) is 3.32. The Morgan fingerprint density at radius 3 is 2.65 bits per heavy atom. The van der Waals surface area contributed by atoms with E-state index in [2.05, 4.69) is 10.1 Å². The summed E-state index contributed by atoms with van der Waals surface area (Å²) in [6.45, 7) is 0.321. The SMILES string of the molecule is O=S(=O)(c1ccccc1F)N1CC(c2nc(-c3cccc(Cl)c3)no2)C1. The number of hydrogen-bond donors (Lipinski definition) is 0. The minimum absolute atomic E-state index is 0.161. The molecule has 0 aliphatic carbocycles. The van der Waals surface area contributed by atoms with Crippen molar-refractivity contribution in [3.63, 3.8) is 0 Å². The van der Waals surface area contributed by atoms with Gasteiger partial charge in [-0.15, -0.1) is 0 Å². The van der Waals surface area contributed by atoms with Gasteiger partial charge < -0.3 is 4.52 Å². The Hall–Kier alpha value is -2.29. The van der Waals surface area contributed by atoms with Crippen LogP contribution in [0.2, 0.25) is 5.02 Å². The molecule has 4 rings (SSSR count). The average molecular weight is 394 g/mol. The van der Waals surface area contributed by atoms with Crippen molar-refractivity contribution >= 4 is 21.6 Å². The molecule has 134 valence electrons. The van der Waals surface area contributed by atoms with Gasteiger partial charge in [-0.2, -0.15) is 9.29 Å². The number of hydrogen-bond acceptors (Lipinski definition) is 5. The zero-order valence-electron chi connectivity index (χ0n) is 13.3. The zero-order chi connectivity index (χ0) is 18.3. The molecule has 1 aliphatic heterocycles. The molecule has 3 aromatic rings. The number of aromatic nitrogens is 2. The first-order valence-corrected chi connectivity index (χ1v) is 9.61. The maximum atomic E-state index is 13.8. The van der Waals surface area contributed by atoms with Gasteiger partial charge in [0.2, 0.25) is 21.7 Å². The van der Waals surface area contributed by atoms with E-state index in [0.717, 1.165) is 6.07 Å². The van der Waals surface area contributed by atoms with E-state index in [1.807, 2.05) is 0 Å². The van der Waals surface area contributed by atoms with E-state index in [9.17, 15) is 12.8 Å². The number of rotatable bonds is 4. The van der Waals surface area contributed by atoms with Crippen LogP contribution in [0.1, 0.15) is 11.8 Å². The normalized spacial score (nSPS) is 15.8. The molecule has 9 heteroatoms. The van der Waals surface area contributed by atoms with Crippen LogP contribution in [0.5, 0.6) is 0 Å². The third-order valence-corrected chi connectivity index (χ3v) is 6.28. The van der Waals surface area contributed by atoms with Crippen molar-refractivity contribution in [1.29, 1.82) is 0 Å². The smallest absolute Gasteiger partial charge is 0.246 e. The van der Waals surface area contributed by atoms with E-state index in [-0.39, 0.29) is 23.9 Å². The third kappa shape index (κ3) is 3.00. The van der Waals surface area contributed by atoms with Crippen LogP contribution in [0, 0.1) is 5.82 Å². The highest BCUT2D eigenvalue weighted by molar-refractivity contribution is 7.89. The average Bonchev–Trinajstić information content (AvgIpc) is 3.03. The Morgan fingerprint density at radius 2 is 1.92 bits per heavy atom. The van der Waals surface area contributed by atoms with Crippen LogP contribution in [0.25, 0.3) is 11.4 Å². The Kier molecular flexibility index (Phi) is 4.26. The highest BCUT2D eigenvalue weighted by Crippen LogP contribution is 2.33. The van der Waals surface area contributed by atoms with Gasteiger partial charge in [0.05, 0.1) is 5.92 Å². The van der Waals surface area contributed by atoms with E-state index < -0.39 is 15.8 Å². The van der Waals surface area contributed by atoms with Gasteiger partial charge >= 0.3 is 0 Å². The molecule has 0 amide bonds. The maximum Gasteiger partial charge on any atom is 0.246 e. The molecular formula is C17H13ClFN3O3S. The maximum absolute atomic E-state index is 13.8.